The number of halogens is 1. The Labute approximate surface area is 144 Å². The molecule has 0 bridgehead atoms. The quantitative estimate of drug-likeness (QED) is 0.702. The molecular weight excluding hydrogens is 325 g/mol. The summed E-state index contributed by atoms with van der Waals surface area (Å²) in [6.07, 6.45) is 0.437. The number of rotatable bonds is 7. The van der Waals surface area contributed by atoms with Crippen LogP contribution in [0, 0.1) is 5.82 Å². The van der Waals surface area contributed by atoms with Crippen molar-refractivity contribution in [3.8, 4) is 0 Å². The predicted molar refractivity (Wildman–Crippen MR) is 93.8 cm³/mol. The molecule has 4 nitrogen and oxygen atoms in total. The molecule has 0 aliphatic heterocycles. The lowest BCUT2D eigenvalue weighted by Gasteiger charge is -2.17. The largest absolute Gasteiger partial charge is 0.382 e. The Morgan fingerprint density at radius 3 is 2.58 bits per heavy atom. The molecule has 0 aliphatic carbocycles. The molecule has 24 heavy (non-hydrogen) atoms. The number of ether oxygens (including phenoxy) is 1. The van der Waals surface area contributed by atoms with Crippen molar-refractivity contribution in [1.82, 2.24) is 10.2 Å². The van der Waals surface area contributed by atoms with Crippen LogP contribution < -0.4 is 5.32 Å². The van der Waals surface area contributed by atoms with Crippen LogP contribution in [0.15, 0.2) is 54.6 Å². The van der Waals surface area contributed by atoms with Crippen LogP contribution in [0.2, 0.25) is 0 Å². The van der Waals surface area contributed by atoms with E-state index in [2.05, 4.69) is 15.5 Å². The number of nitrogens with zero attached hydrogens (tertiary/aromatic N) is 2. The summed E-state index contributed by atoms with van der Waals surface area (Å²) < 4.78 is 19.0. The summed E-state index contributed by atoms with van der Waals surface area (Å²) in [7, 11) is 1.67. The molecule has 2 aromatic carbocycles. The molecule has 1 N–H and O–H groups in total. The lowest BCUT2D eigenvalue weighted by molar-refractivity contribution is 0.186. The smallest absolute Gasteiger partial charge is 0.206 e. The third kappa shape index (κ3) is 4.15. The molecule has 1 atom stereocenters. The Hall–Kier alpha value is -2.31. The summed E-state index contributed by atoms with van der Waals surface area (Å²) in [5, 5.41) is 13.1. The van der Waals surface area contributed by atoms with E-state index in [9.17, 15) is 4.39 Å². The maximum Gasteiger partial charge on any atom is 0.206 e. The van der Waals surface area contributed by atoms with Gasteiger partial charge < -0.3 is 10.1 Å². The van der Waals surface area contributed by atoms with Gasteiger partial charge in [-0.3, -0.25) is 0 Å². The number of aromatic nitrogens is 2. The first kappa shape index (κ1) is 16.5. The minimum absolute atomic E-state index is 0.00883. The monoisotopic (exact) mass is 343 g/mol. The number of hydrogen-bond donors (Lipinski definition) is 1. The zero-order valence-electron chi connectivity index (χ0n) is 13.3. The highest BCUT2D eigenvalue weighted by Crippen LogP contribution is 2.24. The zero-order chi connectivity index (χ0) is 16.8. The van der Waals surface area contributed by atoms with Gasteiger partial charge in [-0.15, -0.1) is 10.2 Å². The van der Waals surface area contributed by atoms with E-state index in [1.165, 1.54) is 17.4 Å². The van der Waals surface area contributed by atoms with Gasteiger partial charge in [-0.25, -0.2) is 4.39 Å². The third-order valence-electron chi connectivity index (χ3n) is 3.60. The highest BCUT2D eigenvalue weighted by molar-refractivity contribution is 7.15. The Kier molecular flexibility index (Phi) is 5.51. The van der Waals surface area contributed by atoms with E-state index in [-0.39, 0.29) is 11.9 Å². The van der Waals surface area contributed by atoms with Crippen LogP contribution in [-0.4, -0.2) is 23.9 Å². The SMILES string of the molecule is COCC(Nc1nnc(Cc2ccccc2F)s1)c1ccccc1. The molecule has 0 saturated heterocycles. The van der Waals surface area contributed by atoms with Crippen LogP contribution in [0.5, 0.6) is 0 Å². The molecule has 0 saturated carbocycles. The summed E-state index contributed by atoms with van der Waals surface area (Å²) in [5.41, 5.74) is 1.74. The van der Waals surface area contributed by atoms with Gasteiger partial charge in [0.15, 0.2) is 0 Å². The van der Waals surface area contributed by atoms with E-state index in [0.29, 0.717) is 23.7 Å². The van der Waals surface area contributed by atoms with E-state index >= 15 is 0 Å². The van der Waals surface area contributed by atoms with Crippen LogP contribution in [0.3, 0.4) is 0 Å². The van der Waals surface area contributed by atoms with E-state index in [4.69, 9.17) is 4.74 Å². The van der Waals surface area contributed by atoms with Gasteiger partial charge in [0.2, 0.25) is 5.13 Å². The van der Waals surface area contributed by atoms with Crippen molar-refractivity contribution in [2.24, 2.45) is 0 Å². The van der Waals surface area contributed by atoms with Crippen LogP contribution in [-0.2, 0) is 11.2 Å². The fourth-order valence-electron chi connectivity index (χ4n) is 2.41. The standard InChI is InChI=1S/C18H18FN3OS/c1-23-12-16(13-7-3-2-4-8-13)20-18-22-21-17(24-18)11-14-9-5-6-10-15(14)19/h2-10,16H,11-12H2,1H3,(H,20,22). The number of anilines is 1. The van der Waals surface area contributed by atoms with Gasteiger partial charge in [0.1, 0.15) is 10.8 Å². The topological polar surface area (TPSA) is 47.0 Å². The van der Waals surface area contributed by atoms with Crippen molar-refractivity contribution in [3.05, 3.63) is 76.5 Å². The average Bonchev–Trinajstić information content (AvgIpc) is 3.04. The number of methoxy groups -OCH3 is 1. The van der Waals surface area contributed by atoms with Crippen molar-refractivity contribution < 1.29 is 9.13 Å². The van der Waals surface area contributed by atoms with Crippen LogP contribution in [0.4, 0.5) is 9.52 Å². The van der Waals surface area contributed by atoms with E-state index < -0.39 is 0 Å². The molecule has 1 heterocycles. The second-order valence-electron chi connectivity index (χ2n) is 5.33. The first-order valence-electron chi connectivity index (χ1n) is 7.62. The average molecular weight is 343 g/mol. The van der Waals surface area contributed by atoms with Gasteiger partial charge in [-0.05, 0) is 17.2 Å². The lowest BCUT2D eigenvalue weighted by atomic mass is 10.1. The van der Waals surface area contributed by atoms with Gasteiger partial charge >= 0.3 is 0 Å². The van der Waals surface area contributed by atoms with Gasteiger partial charge in [0, 0.05) is 13.5 Å². The van der Waals surface area contributed by atoms with Crippen molar-refractivity contribution in [2.75, 3.05) is 19.0 Å². The second-order valence-corrected chi connectivity index (χ2v) is 6.39. The molecule has 3 aromatic rings. The van der Waals surface area contributed by atoms with Crippen molar-refractivity contribution >= 4 is 16.5 Å². The van der Waals surface area contributed by atoms with E-state index in [1.54, 1.807) is 19.2 Å². The van der Waals surface area contributed by atoms with Crippen molar-refractivity contribution in [2.45, 2.75) is 12.5 Å². The van der Waals surface area contributed by atoms with Gasteiger partial charge in [-0.2, -0.15) is 0 Å². The number of nitrogens with one attached hydrogen (secondary N) is 1. The van der Waals surface area contributed by atoms with Gasteiger partial charge in [0.25, 0.3) is 0 Å². The van der Waals surface area contributed by atoms with Crippen molar-refractivity contribution in [3.63, 3.8) is 0 Å². The Morgan fingerprint density at radius 2 is 1.83 bits per heavy atom. The lowest BCUT2D eigenvalue weighted by Crippen LogP contribution is -2.16. The summed E-state index contributed by atoms with van der Waals surface area (Å²) in [6.45, 7) is 0.520. The van der Waals surface area contributed by atoms with Crippen molar-refractivity contribution in [1.29, 1.82) is 0 Å². The zero-order valence-corrected chi connectivity index (χ0v) is 14.1. The van der Waals surface area contributed by atoms with E-state index in [1.807, 2.05) is 36.4 Å². The van der Waals surface area contributed by atoms with E-state index in [0.717, 1.165) is 10.6 Å². The van der Waals surface area contributed by atoms with Gasteiger partial charge in [-0.1, -0.05) is 59.9 Å². The highest BCUT2D eigenvalue weighted by Gasteiger charge is 2.14. The molecule has 0 spiro atoms. The summed E-state index contributed by atoms with van der Waals surface area (Å²) in [4.78, 5) is 0. The second kappa shape index (κ2) is 7.99. The summed E-state index contributed by atoms with van der Waals surface area (Å²) in [6, 6.07) is 16.8. The fraction of sp³-hybridized carbons (Fsp3) is 0.222. The Bertz CT molecular complexity index is 779. The number of benzene rings is 2. The van der Waals surface area contributed by atoms with Gasteiger partial charge in [0.05, 0.1) is 12.6 Å². The molecule has 0 aliphatic rings. The molecule has 1 unspecified atom stereocenters. The van der Waals surface area contributed by atoms with Crippen LogP contribution >= 0.6 is 11.3 Å². The molecular formula is C18H18FN3OS. The molecule has 6 heteroatoms. The molecule has 0 amide bonds. The molecule has 0 radical (unpaired) electrons. The first-order chi connectivity index (χ1) is 11.8. The van der Waals surface area contributed by atoms with Crippen LogP contribution in [0.25, 0.3) is 0 Å². The summed E-state index contributed by atoms with van der Waals surface area (Å²) >= 11 is 1.43. The maximum absolute atomic E-state index is 13.7. The molecule has 3 rings (SSSR count). The fourth-order valence-corrected chi connectivity index (χ4v) is 3.23. The minimum atomic E-state index is -0.219. The normalized spacial score (nSPS) is 12.1. The number of hydrogen-bond acceptors (Lipinski definition) is 5. The predicted octanol–water partition coefficient (Wildman–Crippen LogP) is 4.07. The highest BCUT2D eigenvalue weighted by atomic mass is 32.1. The molecule has 1 aromatic heterocycles. The molecule has 0 fully saturated rings. The third-order valence-corrected chi connectivity index (χ3v) is 4.45. The first-order valence-corrected chi connectivity index (χ1v) is 8.44. The summed E-state index contributed by atoms with van der Waals surface area (Å²) in [5.74, 6) is -0.219. The maximum atomic E-state index is 13.7. The minimum Gasteiger partial charge on any atom is -0.382 e. The Morgan fingerprint density at radius 1 is 1.08 bits per heavy atom. The molecule has 124 valence electrons. The Balaban J connectivity index is 1.71. The van der Waals surface area contributed by atoms with Crippen LogP contribution in [0.1, 0.15) is 22.2 Å².